The second kappa shape index (κ2) is 8.59. The maximum absolute atomic E-state index is 13.4. The lowest BCUT2D eigenvalue weighted by molar-refractivity contribution is -0.136. The summed E-state index contributed by atoms with van der Waals surface area (Å²) in [6.07, 6.45) is 1.90. The van der Waals surface area contributed by atoms with E-state index in [0.717, 1.165) is 35.3 Å². The van der Waals surface area contributed by atoms with Crippen molar-refractivity contribution in [3.63, 3.8) is 0 Å². The number of hydrogen-bond donors (Lipinski definition) is 0. The van der Waals surface area contributed by atoms with Crippen molar-refractivity contribution in [3.8, 4) is 11.4 Å². The van der Waals surface area contributed by atoms with Gasteiger partial charge in [0.2, 0.25) is 5.91 Å². The van der Waals surface area contributed by atoms with Crippen molar-refractivity contribution in [1.29, 1.82) is 0 Å². The zero-order valence-corrected chi connectivity index (χ0v) is 17.6. The first-order valence-electron chi connectivity index (χ1n) is 10.3. The van der Waals surface area contributed by atoms with E-state index in [1.54, 1.807) is 0 Å². The molecule has 4 heteroatoms. The van der Waals surface area contributed by atoms with Crippen LogP contribution < -0.4 is 0 Å². The zero-order chi connectivity index (χ0) is 20.3. The number of aromatic nitrogens is 2. The number of imidazole rings is 1. The number of para-hydroxylation sites is 2. The topological polar surface area (TPSA) is 38.1 Å². The molecule has 2 aromatic carbocycles. The SMILES string of the molecule is CCC(C)N(C(=O)Cn1c(-c2cccc(C)c2)nc2ccccc21)C(C)CC. The van der Waals surface area contributed by atoms with Crippen LogP contribution in [0, 0.1) is 6.92 Å². The lowest BCUT2D eigenvalue weighted by atomic mass is 10.1. The molecule has 0 N–H and O–H groups in total. The van der Waals surface area contributed by atoms with Crippen molar-refractivity contribution < 1.29 is 4.79 Å². The molecule has 0 aliphatic carbocycles. The van der Waals surface area contributed by atoms with E-state index in [1.165, 1.54) is 5.56 Å². The summed E-state index contributed by atoms with van der Waals surface area (Å²) < 4.78 is 2.07. The van der Waals surface area contributed by atoms with E-state index in [4.69, 9.17) is 4.98 Å². The average molecular weight is 378 g/mol. The summed E-state index contributed by atoms with van der Waals surface area (Å²) in [7, 11) is 0. The molecular formula is C24H31N3O. The molecule has 0 radical (unpaired) electrons. The van der Waals surface area contributed by atoms with Gasteiger partial charge in [0.25, 0.3) is 0 Å². The first-order valence-corrected chi connectivity index (χ1v) is 10.3. The molecule has 0 bridgehead atoms. The Labute approximate surface area is 168 Å². The fourth-order valence-corrected chi connectivity index (χ4v) is 3.78. The summed E-state index contributed by atoms with van der Waals surface area (Å²) in [5.74, 6) is 1.01. The standard InChI is InChI=1S/C24H31N3O/c1-6-18(4)27(19(5)7-2)23(28)16-26-22-14-9-8-13-21(22)25-24(26)20-12-10-11-17(3)15-20/h8-15,18-19H,6-7,16H2,1-5H3. The number of carbonyl (C=O) groups excluding carboxylic acids is 1. The van der Waals surface area contributed by atoms with E-state index in [2.05, 4.69) is 62.3 Å². The number of rotatable bonds is 7. The predicted molar refractivity (Wildman–Crippen MR) is 116 cm³/mol. The Morgan fingerprint density at radius 2 is 1.71 bits per heavy atom. The third kappa shape index (κ3) is 3.96. The summed E-state index contributed by atoms with van der Waals surface area (Å²) in [5.41, 5.74) is 4.15. The van der Waals surface area contributed by atoms with E-state index < -0.39 is 0 Å². The van der Waals surface area contributed by atoms with Gasteiger partial charge in [-0.25, -0.2) is 4.98 Å². The summed E-state index contributed by atoms with van der Waals surface area (Å²) >= 11 is 0. The van der Waals surface area contributed by atoms with Crippen molar-refractivity contribution in [2.45, 2.75) is 66.1 Å². The molecule has 3 rings (SSSR count). The molecular weight excluding hydrogens is 346 g/mol. The van der Waals surface area contributed by atoms with Gasteiger partial charge in [-0.1, -0.05) is 49.7 Å². The number of fused-ring (bicyclic) bond motifs is 1. The highest BCUT2D eigenvalue weighted by atomic mass is 16.2. The zero-order valence-electron chi connectivity index (χ0n) is 17.6. The van der Waals surface area contributed by atoms with Crippen LogP contribution in [0.2, 0.25) is 0 Å². The largest absolute Gasteiger partial charge is 0.336 e. The molecule has 2 atom stereocenters. The Bertz CT molecular complexity index is 949. The molecule has 1 amide bonds. The number of benzene rings is 2. The van der Waals surface area contributed by atoms with Crippen LogP contribution in [0.4, 0.5) is 0 Å². The molecule has 4 nitrogen and oxygen atoms in total. The van der Waals surface area contributed by atoms with Gasteiger partial charge < -0.3 is 9.47 Å². The highest BCUT2D eigenvalue weighted by molar-refractivity contribution is 5.84. The molecule has 3 aromatic rings. The van der Waals surface area contributed by atoms with E-state index in [9.17, 15) is 4.79 Å². The van der Waals surface area contributed by atoms with Gasteiger partial charge in [0.15, 0.2) is 0 Å². The van der Waals surface area contributed by atoms with Crippen LogP contribution in [0.25, 0.3) is 22.4 Å². The Morgan fingerprint density at radius 1 is 1.04 bits per heavy atom. The van der Waals surface area contributed by atoms with Crippen LogP contribution in [0.5, 0.6) is 0 Å². The third-order valence-corrected chi connectivity index (χ3v) is 5.64. The Balaban J connectivity index is 2.06. The van der Waals surface area contributed by atoms with Crippen molar-refractivity contribution >= 4 is 16.9 Å². The number of nitrogens with zero attached hydrogens (tertiary/aromatic N) is 3. The minimum absolute atomic E-state index is 0.153. The molecule has 28 heavy (non-hydrogen) atoms. The maximum Gasteiger partial charge on any atom is 0.243 e. The van der Waals surface area contributed by atoms with Gasteiger partial charge in [0.1, 0.15) is 12.4 Å². The highest BCUT2D eigenvalue weighted by Gasteiger charge is 2.25. The molecule has 0 saturated heterocycles. The third-order valence-electron chi connectivity index (χ3n) is 5.64. The van der Waals surface area contributed by atoms with Crippen molar-refractivity contribution in [1.82, 2.24) is 14.5 Å². The molecule has 0 spiro atoms. The van der Waals surface area contributed by atoms with E-state index in [-0.39, 0.29) is 18.0 Å². The predicted octanol–water partition coefficient (Wildman–Crippen LogP) is 5.44. The van der Waals surface area contributed by atoms with Gasteiger partial charge in [-0.2, -0.15) is 0 Å². The quantitative estimate of drug-likeness (QED) is 0.550. The minimum Gasteiger partial charge on any atom is -0.336 e. The highest BCUT2D eigenvalue weighted by Crippen LogP contribution is 2.26. The normalized spacial score (nSPS) is 13.5. The van der Waals surface area contributed by atoms with Gasteiger partial charge >= 0.3 is 0 Å². The Hall–Kier alpha value is -2.62. The second-order valence-corrected chi connectivity index (χ2v) is 7.70. The fourth-order valence-electron chi connectivity index (χ4n) is 3.78. The molecule has 0 fully saturated rings. The number of amides is 1. The average Bonchev–Trinajstić information content (AvgIpc) is 3.06. The lowest BCUT2D eigenvalue weighted by Gasteiger charge is -2.34. The number of carbonyl (C=O) groups is 1. The summed E-state index contributed by atoms with van der Waals surface area (Å²) in [4.78, 5) is 20.3. The summed E-state index contributed by atoms with van der Waals surface area (Å²) in [6, 6.07) is 16.8. The first-order chi connectivity index (χ1) is 13.5. The van der Waals surface area contributed by atoms with Crippen molar-refractivity contribution in [2.75, 3.05) is 0 Å². The monoisotopic (exact) mass is 377 g/mol. The molecule has 0 aliphatic rings. The second-order valence-electron chi connectivity index (χ2n) is 7.70. The number of aryl methyl sites for hydroxylation is 1. The van der Waals surface area contributed by atoms with Crippen LogP contribution in [0.3, 0.4) is 0 Å². The van der Waals surface area contributed by atoms with Crippen LogP contribution in [-0.2, 0) is 11.3 Å². The molecule has 0 saturated carbocycles. The Kier molecular flexibility index (Phi) is 6.18. The van der Waals surface area contributed by atoms with Crippen LogP contribution >= 0.6 is 0 Å². The van der Waals surface area contributed by atoms with Gasteiger partial charge in [0.05, 0.1) is 11.0 Å². The first kappa shape index (κ1) is 20.1. The molecule has 1 aromatic heterocycles. The molecule has 0 aliphatic heterocycles. The summed E-state index contributed by atoms with van der Waals surface area (Å²) in [6.45, 7) is 10.9. The van der Waals surface area contributed by atoms with Crippen LogP contribution in [0.1, 0.15) is 46.1 Å². The molecule has 148 valence electrons. The van der Waals surface area contributed by atoms with E-state index >= 15 is 0 Å². The van der Waals surface area contributed by atoms with Gasteiger partial charge in [-0.05, 0) is 51.8 Å². The lowest BCUT2D eigenvalue weighted by Crippen LogP contribution is -2.45. The fraction of sp³-hybridized carbons (Fsp3) is 0.417. The molecule has 2 unspecified atom stereocenters. The maximum atomic E-state index is 13.4. The minimum atomic E-state index is 0.153. The van der Waals surface area contributed by atoms with Crippen molar-refractivity contribution in [2.24, 2.45) is 0 Å². The van der Waals surface area contributed by atoms with Crippen LogP contribution in [-0.4, -0.2) is 32.4 Å². The van der Waals surface area contributed by atoms with Crippen molar-refractivity contribution in [3.05, 3.63) is 54.1 Å². The van der Waals surface area contributed by atoms with E-state index in [1.807, 2.05) is 30.3 Å². The molecule has 1 heterocycles. The Morgan fingerprint density at radius 3 is 2.36 bits per heavy atom. The van der Waals surface area contributed by atoms with E-state index in [0.29, 0.717) is 6.54 Å². The van der Waals surface area contributed by atoms with Gasteiger partial charge in [-0.3, -0.25) is 4.79 Å². The number of hydrogen-bond acceptors (Lipinski definition) is 2. The summed E-state index contributed by atoms with van der Waals surface area (Å²) in [5, 5.41) is 0. The van der Waals surface area contributed by atoms with Crippen LogP contribution in [0.15, 0.2) is 48.5 Å². The van der Waals surface area contributed by atoms with Gasteiger partial charge in [0, 0.05) is 17.6 Å². The van der Waals surface area contributed by atoms with Gasteiger partial charge in [-0.15, -0.1) is 0 Å². The smallest absolute Gasteiger partial charge is 0.243 e.